The lowest BCUT2D eigenvalue weighted by Gasteiger charge is -2.26. The highest BCUT2D eigenvalue weighted by Gasteiger charge is 2.31. The number of nitrogens with one attached hydrogen (secondary N) is 5. The summed E-state index contributed by atoms with van der Waals surface area (Å²) in [5.74, 6) is -2.87. The molecule has 0 aliphatic heterocycles. The first-order valence-electron chi connectivity index (χ1n) is 16.4. The zero-order valence-corrected chi connectivity index (χ0v) is 27.8. The van der Waals surface area contributed by atoms with Gasteiger partial charge in [0.15, 0.2) is 0 Å². The molecule has 0 fully saturated rings. The molecule has 49 heavy (non-hydrogen) atoms. The fourth-order valence-corrected chi connectivity index (χ4v) is 5.58. The van der Waals surface area contributed by atoms with Crippen LogP contribution in [0, 0.1) is 5.92 Å². The predicted molar refractivity (Wildman–Crippen MR) is 188 cm³/mol. The minimum absolute atomic E-state index is 0.0901. The van der Waals surface area contributed by atoms with Gasteiger partial charge in [-0.05, 0) is 35.1 Å². The lowest BCUT2D eigenvalue weighted by atomic mass is 10.00. The van der Waals surface area contributed by atoms with E-state index in [0.717, 1.165) is 27.6 Å². The van der Waals surface area contributed by atoms with Crippen LogP contribution in [0.5, 0.6) is 0 Å². The Balaban J connectivity index is 1.60. The molecule has 4 atom stereocenters. The van der Waals surface area contributed by atoms with Gasteiger partial charge in [-0.15, -0.1) is 0 Å². The van der Waals surface area contributed by atoms with Crippen LogP contribution in [0.15, 0.2) is 91.1 Å². The average Bonchev–Trinajstić information content (AvgIpc) is 3.49. The van der Waals surface area contributed by atoms with E-state index in [1.54, 1.807) is 6.20 Å². The number of benzene rings is 3. The molecule has 0 aliphatic rings. The van der Waals surface area contributed by atoms with Crippen molar-refractivity contribution in [1.29, 1.82) is 0 Å². The minimum Gasteiger partial charge on any atom is -0.368 e. The predicted octanol–water partition coefficient (Wildman–Crippen LogP) is 1.63. The highest BCUT2D eigenvalue weighted by Crippen LogP contribution is 2.19. The van der Waals surface area contributed by atoms with Crippen molar-refractivity contribution in [2.75, 3.05) is 6.54 Å². The summed E-state index contributed by atoms with van der Waals surface area (Å²) in [5.41, 5.74) is 14.6. The Hall–Kier alpha value is -5.49. The fraction of sp³-hybridized carbons (Fsp3) is 0.324. The van der Waals surface area contributed by atoms with Crippen molar-refractivity contribution in [3.63, 3.8) is 0 Å². The smallest absolute Gasteiger partial charge is 0.243 e. The van der Waals surface area contributed by atoms with Crippen molar-refractivity contribution < 1.29 is 24.0 Å². The van der Waals surface area contributed by atoms with Crippen LogP contribution in [0.25, 0.3) is 10.9 Å². The zero-order chi connectivity index (χ0) is 35.3. The Morgan fingerprint density at radius 3 is 1.67 bits per heavy atom. The number of hydrogen-bond acceptors (Lipinski definition) is 6. The Labute approximate surface area is 285 Å². The molecule has 12 nitrogen and oxygen atoms in total. The van der Waals surface area contributed by atoms with Crippen molar-refractivity contribution in [3.05, 3.63) is 108 Å². The van der Waals surface area contributed by atoms with E-state index in [1.165, 1.54) is 0 Å². The van der Waals surface area contributed by atoms with Crippen LogP contribution < -0.4 is 32.7 Å². The van der Waals surface area contributed by atoms with Gasteiger partial charge >= 0.3 is 0 Å². The van der Waals surface area contributed by atoms with Crippen molar-refractivity contribution >= 4 is 40.4 Å². The number of H-pyrrole nitrogens is 1. The SMILES string of the molecule is CC(C)C[C@H](N)C(=O)N[C@@H](Cc1ccccc1)C(=O)N[C@@H](Cc1ccccc1)C(=O)N[C@@H](Cc1c[nH]c2ccccc12)C(=O)NCC(N)=O. The lowest BCUT2D eigenvalue weighted by molar-refractivity contribution is -0.134. The van der Waals surface area contributed by atoms with Gasteiger partial charge in [-0.3, -0.25) is 24.0 Å². The first kappa shape index (κ1) is 36.3. The van der Waals surface area contributed by atoms with Gasteiger partial charge in [0.2, 0.25) is 29.5 Å². The monoisotopic (exact) mass is 667 g/mol. The number of hydrogen-bond donors (Lipinski definition) is 7. The van der Waals surface area contributed by atoms with E-state index in [2.05, 4.69) is 26.3 Å². The standard InChI is InChI=1S/C37H45N7O5/c1-23(2)17-28(38)34(46)42-30(18-24-11-5-3-6-12-24)36(48)43-31(19-25-13-7-4-8-14-25)37(49)44-32(35(47)41-22-33(39)45)20-26-21-40-29-16-10-9-15-27(26)29/h3-16,21,23,28,30-32,40H,17-20,22,38H2,1-2H3,(H2,39,45)(H,41,47)(H,42,46)(H,43,48)(H,44,49)/t28-,30-,31-,32-/m0/s1. The third-order valence-electron chi connectivity index (χ3n) is 8.06. The number of rotatable bonds is 17. The van der Waals surface area contributed by atoms with Crippen LogP contribution in [-0.2, 0) is 43.2 Å². The van der Waals surface area contributed by atoms with Crippen molar-refractivity contribution in [2.24, 2.45) is 17.4 Å². The minimum atomic E-state index is -1.14. The Kier molecular flexibility index (Phi) is 13.1. The molecule has 3 aromatic carbocycles. The molecule has 0 spiro atoms. The molecule has 0 saturated heterocycles. The summed E-state index contributed by atoms with van der Waals surface area (Å²) >= 11 is 0. The number of aromatic nitrogens is 1. The van der Waals surface area contributed by atoms with Gasteiger partial charge in [-0.2, -0.15) is 0 Å². The number of carbonyl (C=O) groups excluding carboxylic acids is 5. The molecule has 9 N–H and O–H groups in total. The Morgan fingerprint density at radius 2 is 1.14 bits per heavy atom. The van der Waals surface area contributed by atoms with Gasteiger partial charge < -0.3 is 37.7 Å². The number of para-hydroxylation sites is 1. The summed E-state index contributed by atoms with van der Waals surface area (Å²) < 4.78 is 0. The molecule has 1 aromatic heterocycles. The van der Waals surface area contributed by atoms with Crippen molar-refractivity contribution in [3.8, 4) is 0 Å². The second-order valence-electron chi connectivity index (χ2n) is 12.5. The van der Waals surface area contributed by atoms with E-state index >= 15 is 0 Å². The average molecular weight is 668 g/mol. The summed E-state index contributed by atoms with van der Waals surface area (Å²) in [4.78, 5) is 69.1. The Bertz CT molecular complexity index is 1720. The van der Waals surface area contributed by atoms with Crippen molar-refractivity contribution in [1.82, 2.24) is 26.3 Å². The van der Waals surface area contributed by atoms with Crippen molar-refractivity contribution in [2.45, 2.75) is 63.7 Å². The first-order chi connectivity index (χ1) is 23.5. The number of aromatic amines is 1. The molecule has 0 unspecified atom stereocenters. The molecular formula is C37H45N7O5. The molecule has 0 radical (unpaired) electrons. The summed E-state index contributed by atoms with van der Waals surface area (Å²) in [6.07, 6.45) is 2.54. The molecular weight excluding hydrogens is 622 g/mol. The molecule has 0 aliphatic carbocycles. The topological polar surface area (TPSA) is 201 Å². The second kappa shape index (κ2) is 17.6. The largest absolute Gasteiger partial charge is 0.368 e. The highest BCUT2D eigenvalue weighted by molar-refractivity contribution is 5.96. The molecule has 5 amide bonds. The van der Waals surface area contributed by atoms with Gasteiger partial charge in [-0.25, -0.2) is 0 Å². The van der Waals surface area contributed by atoms with Gasteiger partial charge in [-0.1, -0.05) is 92.7 Å². The van der Waals surface area contributed by atoms with Crippen LogP contribution in [0.3, 0.4) is 0 Å². The first-order valence-corrected chi connectivity index (χ1v) is 16.4. The maximum atomic E-state index is 14.0. The highest BCUT2D eigenvalue weighted by atomic mass is 16.2. The summed E-state index contributed by atoms with van der Waals surface area (Å²) in [6, 6.07) is 21.7. The molecule has 4 aromatic rings. The normalized spacial score (nSPS) is 13.6. The van der Waals surface area contributed by atoms with Crippen LogP contribution in [0.1, 0.15) is 37.0 Å². The van der Waals surface area contributed by atoms with Crippen LogP contribution in [0.4, 0.5) is 0 Å². The summed E-state index contributed by atoms with van der Waals surface area (Å²) in [5, 5.41) is 11.8. The van der Waals surface area contributed by atoms with E-state index in [0.29, 0.717) is 6.42 Å². The van der Waals surface area contributed by atoms with E-state index in [1.807, 2.05) is 98.8 Å². The zero-order valence-electron chi connectivity index (χ0n) is 27.8. The van der Waals surface area contributed by atoms with Gasteiger partial charge in [0.25, 0.3) is 0 Å². The second-order valence-corrected chi connectivity index (χ2v) is 12.5. The molecule has 258 valence electrons. The van der Waals surface area contributed by atoms with Gasteiger partial charge in [0.1, 0.15) is 18.1 Å². The molecule has 4 rings (SSSR count). The van der Waals surface area contributed by atoms with E-state index in [4.69, 9.17) is 11.5 Å². The quantitative estimate of drug-likeness (QED) is 0.0892. The van der Waals surface area contributed by atoms with Crippen LogP contribution in [0.2, 0.25) is 0 Å². The fourth-order valence-electron chi connectivity index (χ4n) is 5.58. The maximum Gasteiger partial charge on any atom is 0.243 e. The maximum absolute atomic E-state index is 14.0. The van der Waals surface area contributed by atoms with Crippen LogP contribution in [-0.4, -0.2) is 65.2 Å². The Morgan fingerprint density at radius 1 is 0.653 bits per heavy atom. The van der Waals surface area contributed by atoms with E-state index in [-0.39, 0.29) is 25.2 Å². The number of fused-ring (bicyclic) bond motifs is 1. The lowest BCUT2D eigenvalue weighted by Crippen LogP contribution is -2.59. The van der Waals surface area contributed by atoms with Gasteiger partial charge in [0, 0.05) is 36.4 Å². The van der Waals surface area contributed by atoms with E-state index < -0.39 is 60.2 Å². The van der Waals surface area contributed by atoms with E-state index in [9.17, 15) is 24.0 Å². The summed E-state index contributed by atoms with van der Waals surface area (Å²) in [7, 11) is 0. The molecule has 12 heteroatoms. The number of amides is 5. The molecule has 1 heterocycles. The molecule has 0 bridgehead atoms. The number of carbonyl (C=O) groups is 5. The molecule has 0 saturated carbocycles. The summed E-state index contributed by atoms with van der Waals surface area (Å²) in [6.45, 7) is 3.49. The number of nitrogens with two attached hydrogens (primary N) is 2. The van der Waals surface area contributed by atoms with Gasteiger partial charge in [0.05, 0.1) is 12.6 Å². The third kappa shape index (κ3) is 11.0. The third-order valence-corrected chi connectivity index (χ3v) is 8.06. The van der Waals surface area contributed by atoms with Crippen LogP contribution >= 0.6 is 0 Å². The number of primary amides is 1.